The zero-order valence-electron chi connectivity index (χ0n) is 15.9. The van der Waals surface area contributed by atoms with Crippen LogP contribution in [0.4, 0.5) is 0 Å². The maximum Gasteiger partial charge on any atom is 0.241 e. The van der Waals surface area contributed by atoms with Crippen molar-refractivity contribution < 1.29 is 9.32 Å². The van der Waals surface area contributed by atoms with Gasteiger partial charge in [0.05, 0.1) is 24.7 Å². The molecule has 1 aromatic carbocycles. The molecule has 150 valence electrons. The summed E-state index contributed by atoms with van der Waals surface area (Å²) in [4.78, 5) is 23.5. The molecule has 1 saturated heterocycles. The molecule has 1 aliphatic rings. The van der Waals surface area contributed by atoms with Crippen LogP contribution >= 0.6 is 11.6 Å². The van der Waals surface area contributed by atoms with E-state index in [1.54, 1.807) is 18.3 Å². The molecule has 1 amide bonds. The van der Waals surface area contributed by atoms with Gasteiger partial charge in [-0.2, -0.15) is 4.98 Å². The Hall–Kier alpha value is -2.77. The first-order valence-corrected chi connectivity index (χ1v) is 10.0. The first kappa shape index (κ1) is 19.5. The van der Waals surface area contributed by atoms with Crippen LogP contribution in [0.1, 0.15) is 24.4 Å². The minimum Gasteiger partial charge on any atom is -0.350 e. The molecule has 0 bridgehead atoms. The molecular weight excluding hydrogens is 390 g/mol. The van der Waals surface area contributed by atoms with Gasteiger partial charge in [0, 0.05) is 23.3 Å². The third-order valence-corrected chi connectivity index (χ3v) is 5.23. The number of carbonyl (C=O) groups is 1. The summed E-state index contributed by atoms with van der Waals surface area (Å²) in [6.07, 6.45) is 3.57. The zero-order valence-corrected chi connectivity index (χ0v) is 16.7. The molecule has 1 atom stereocenters. The van der Waals surface area contributed by atoms with Crippen molar-refractivity contribution >= 4 is 17.5 Å². The highest BCUT2D eigenvalue weighted by Crippen LogP contribution is 2.21. The highest BCUT2D eigenvalue weighted by atomic mass is 35.5. The Morgan fingerprint density at radius 1 is 1.24 bits per heavy atom. The molecule has 1 fully saturated rings. The summed E-state index contributed by atoms with van der Waals surface area (Å²) >= 11 is 5.92. The molecule has 0 radical (unpaired) electrons. The fourth-order valence-electron chi connectivity index (χ4n) is 3.46. The lowest BCUT2D eigenvalue weighted by Crippen LogP contribution is -2.42. The summed E-state index contributed by atoms with van der Waals surface area (Å²) in [7, 11) is 0. The number of halogens is 1. The highest BCUT2D eigenvalue weighted by Gasteiger charge is 2.26. The predicted octanol–water partition coefficient (Wildman–Crippen LogP) is 3.31. The van der Waals surface area contributed by atoms with Crippen LogP contribution in [0.25, 0.3) is 11.4 Å². The topological polar surface area (TPSA) is 84.2 Å². The Kier molecular flexibility index (Phi) is 6.17. The normalized spacial score (nSPS) is 17.2. The Morgan fingerprint density at radius 3 is 2.90 bits per heavy atom. The van der Waals surface area contributed by atoms with Gasteiger partial charge in [-0.3, -0.25) is 14.7 Å². The van der Waals surface area contributed by atoms with Gasteiger partial charge in [-0.15, -0.1) is 0 Å². The minimum atomic E-state index is -0.0499. The lowest BCUT2D eigenvalue weighted by Gasteiger charge is -2.30. The smallest absolute Gasteiger partial charge is 0.241 e. The fraction of sp³-hybridized carbons (Fsp3) is 0.333. The lowest BCUT2D eigenvalue weighted by molar-refractivity contribution is -0.127. The molecule has 2 aromatic heterocycles. The van der Waals surface area contributed by atoms with Crippen molar-refractivity contribution in [3.05, 3.63) is 65.3 Å². The molecule has 1 unspecified atom stereocenters. The molecule has 0 aliphatic carbocycles. The first-order chi connectivity index (χ1) is 14.2. The number of likely N-dealkylation sites (tertiary alicyclic amines) is 1. The second-order valence-electron chi connectivity index (χ2n) is 7.13. The van der Waals surface area contributed by atoms with Crippen LogP contribution < -0.4 is 5.32 Å². The van der Waals surface area contributed by atoms with Crippen molar-refractivity contribution in [2.24, 2.45) is 5.92 Å². The van der Waals surface area contributed by atoms with Gasteiger partial charge in [0.1, 0.15) is 0 Å². The number of amides is 1. The van der Waals surface area contributed by atoms with E-state index in [1.165, 1.54) is 0 Å². The van der Waals surface area contributed by atoms with Crippen molar-refractivity contribution in [2.75, 3.05) is 13.1 Å². The van der Waals surface area contributed by atoms with E-state index in [2.05, 4.69) is 25.3 Å². The van der Waals surface area contributed by atoms with Gasteiger partial charge in [0.15, 0.2) is 0 Å². The van der Waals surface area contributed by atoms with Gasteiger partial charge in [-0.05, 0) is 55.8 Å². The molecule has 3 heterocycles. The Labute approximate surface area is 174 Å². The maximum atomic E-state index is 12.6. The molecule has 8 heteroatoms. The van der Waals surface area contributed by atoms with Crippen LogP contribution in [0.3, 0.4) is 0 Å². The molecule has 1 N–H and O–H groups in total. The summed E-state index contributed by atoms with van der Waals surface area (Å²) in [6, 6.07) is 13.0. The van der Waals surface area contributed by atoms with Gasteiger partial charge in [0.2, 0.25) is 17.6 Å². The number of piperidine rings is 1. The van der Waals surface area contributed by atoms with E-state index in [1.807, 2.05) is 30.3 Å². The molecule has 0 saturated carbocycles. The van der Waals surface area contributed by atoms with E-state index in [9.17, 15) is 4.79 Å². The molecule has 1 aliphatic heterocycles. The van der Waals surface area contributed by atoms with Crippen LogP contribution in [0, 0.1) is 5.92 Å². The van der Waals surface area contributed by atoms with Crippen LogP contribution in [-0.4, -0.2) is 39.0 Å². The number of pyridine rings is 1. The van der Waals surface area contributed by atoms with Crippen LogP contribution in [0.5, 0.6) is 0 Å². The van der Waals surface area contributed by atoms with E-state index in [-0.39, 0.29) is 11.8 Å². The fourth-order valence-corrected chi connectivity index (χ4v) is 3.59. The maximum absolute atomic E-state index is 12.6. The average molecular weight is 412 g/mol. The van der Waals surface area contributed by atoms with E-state index in [4.69, 9.17) is 16.1 Å². The molecule has 4 rings (SSSR count). The number of rotatable bonds is 6. The van der Waals surface area contributed by atoms with Crippen molar-refractivity contribution in [3.8, 4) is 11.4 Å². The standard InChI is InChI=1S/C21H22ClN5O2/c22-17-8-6-15(7-9-17)20-25-19(29-26-20)14-27-11-3-4-16(13-27)21(28)24-12-18-5-1-2-10-23-18/h1-2,5-10,16H,3-4,11-14H2,(H,24,28). The van der Waals surface area contributed by atoms with E-state index >= 15 is 0 Å². The monoisotopic (exact) mass is 411 g/mol. The number of benzene rings is 1. The summed E-state index contributed by atoms with van der Waals surface area (Å²) in [5.74, 6) is 1.10. The average Bonchev–Trinajstić information content (AvgIpc) is 3.22. The first-order valence-electron chi connectivity index (χ1n) is 9.66. The van der Waals surface area contributed by atoms with Gasteiger partial charge in [-0.1, -0.05) is 22.8 Å². The van der Waals surface area contributed by atoms with Crippen molar-refractivity contribution in [2.45, 2.75) is 25.9 Å². The number of carbonyl (C=O) groups excluding carboxylic acids is 1. The second-order valence-corrected chi connectivity index (χ2v) is 7.57. The number of nitrogens with one attached hydrogen (secondary N) is 1. The number of nitrogens with zero attached hydrogens (tertiary/aromatic N) is 4. The Bertz CT molecular complexity index is 945. The van der Waals surface area contributed by atoms with Gasteiger partial charge < -0.3 is 9.84 Å². The summed E-state index contributed by atoms with van der Waals surface area (Å²) in [5.41, 5.74) is 1.71. The third-order valence-electron chi connectivity index (χ3n) is 4.98. The summed E-state index contributed by atoms with van der Waals surface area (Å²) < 4.78 is 5.41. The van der Waals surface area contributed by atoms with Gasteiger partial charge in [-0.25, -0.2) is 0 Å². The summed E-state index contributed by atoms with van der Waals surface area (Å²) in [5, 5.41) is 7.71. The van der Waals surface area contributed by atoms with Crippen LogP contribution in [0.2, 0.25) is 5.02 Å². The highest BCUT2D eigenvalue weighted by molar-refractivity contribution is 6.30. The summed E-state index contributed by atoms with van der Waals surface area (Å²) in [6.45, 7) is 2.56. The molecule has 3 aromatic rings. The van der Waals surface area contributed by atoms with E-state index in [0.29, 0.717) is 36.4 Å². The molecule has 0 spiro atoms. The number of aromatic nitrogens is 3. The zero-order chi connectivity index (χ0) is 20.1. The molecular formula is C21H22ClN5O2. The molecule has 29 heavy (non-hydrogen) atoms. The Morgan fingerprint density at radius 2 is 2.10 bits per heavy atom. The third kappa shape index (κ3) is 5.19. The van der Waals surface area contributed by atoms with Crippen molar-refractivity contribution in [3.63, 3.8) is 0 Å². The van der Waals surface area contributed by atoms with Crippen molar-refractivity contribution in [1.29, 1.82) is 0 Å². The Balaban J connectivity index is 1.32. The predicted molar refractivity (Wildman–Crippen MR) is 109 cm³/mol. The van der Waals surface area contributed by atoms with Gasteiger partial charge in [0.25, 0.3) is 0 Å². The SMILES string of the molecule is O=C(NCc1ccccn1)C1CCCN(Cc2nc(-c3ccc(Cl)cc3)no2)C1. The minimum absolute atomic E-state index is 0.0499. The largest absolute Gasteiger partial charge is 0.350 e. The van der Waals surface area contributed by atoms with Crippen molar-refractivity contribution in [1.82, 2.24) is 25.3 Å². The second kappa shape index (κ2) is 9.15. The lowest BCUT2D eigenvalue weighted by atomic mass is 9.97. The van der Waals surface area contributed by atoms with Crippen LogP contribution in [0.15, 0.2) is 53.2 Å². The molecule has 7 nitrogen and oxygen atoms in total. The van der Waals surface area contributed by atoms with Gasteiger partial charge >= 0.3 is 0 Å². The van der Waals surface area contributed by atoms with Crippen LogP contribution in [-0.2, 0) is 17.9 Å². The van der Waals surface area contributed by atoms with E-state index in [0.717, 1.165) is 30.6 Å². The number of hydrogen-bond acceptors (Lipinski definition) is 6. The number of hydrogen-bond donors (Lipinski definition) is 1. The quantitative estimate of drug-likeness (QED) is 0.669. The van der Waals surface area contributed by atoms with E-state index < -0.39 is 0 Å².